The number of hydrogen-bond acceptors (Lipinski definition) is 2. The smallest absolute Gasteiger partial charge is 0.118 e. The van der Waals surface area contributed by atoms with Crippen LogP contribution in [0.15, 0.2) is 24.3 Å². The fourth-order valence-corrected chi connectivity index (χ4v) is 2.41. The number of hydrogen-bond donors (Lipinski definition) is 1. The maximum Gasteiger partial charge on any atom is 0.118 e. The Hall–Kier alpha value is -0.730. The molecule has 0 bridgehead atoms. The predicted octanol–water partition coefficient (Wildman–Crippen LogP) is 3.10. The van der Waals surface area contributed by atoms with E-state index in [9.17, 15) is 0 Å². The summed E-state index contributed by atoms with van der Waals surface area (Å²) in [4.78, 5) is 0. The Morgan fingerprint density at radius 1 is 1.19 bits per heavy atom. The molecule has 0 radical (unpaired) electrons. The van der Waals surface area contributed by atoms with Crippen LogP contribution in [0.5, 0.6) is 5.75 Å². The van der Waals surface area contributed by atoms with Crippen molar-refractivity contribution in [1.82, 2.24) is 0 Å². The zero-order chi connectivity index (χ0) is 10.7. The summed E-state index contributed by atoms with van der Waals surface area (Å²) in [7, 11) is 1.70. The third-order valence-corrected chi connectivity index (χ3v) is 3.30. The molecule has 16 heavy (non-hydrogen) atoms. The second-order valence-electron chi connectivity index (χ2n) is 4.40. The van der Waals surface area contributed by atoms with Gasteiger partial charge in [-0.15, -0.1) is 12.4 Å². The van der Waals surface area contributed by atoms with E-state index in [1.807, 2.05) is 12.1 Å². The van der Waals surface area contributed by atoms with Crippen molar-refractivity contribution in [3.05, 3.63) is 29.8 Å². The second kappa shape index (κ2) is 6.12. The number of benzene rings is 1. The highest BCUT2D eigenvalue weighted by Crippen LogP contribution is 2.32. The highest BCUT2D eigenvalue weighted by atomic mass is 35.5. The van der Waals surface area contributed by atoms with Crippen LogP contribution in [-0.4, -0.2) is 13.2 Å². The lowest BCUT2D eigenvalue weighted by Gasteiger charge is -2.26. The Bertz CT molecular complexity index is 312. The van der Waals surface area contributed by atoms with Gasteiger partial charge in [-0.05, 0) is 42.9 Å². The quantitative estimate of drug-likeness (QED) is 0.864. The molecule has 2 nitrogen and oxygen atoms in total. The van der Waals surface area contributed by atoms with Gasteiger partial charge in [0.05, 0.1) is 7.11 Å². The van der Waals surface area contributed by atoms with Gasteiger partial charge in [0.2, 0.25) is 0 Å². The Kier molecular flexibility index (Phi) is 5.10. The van der Waals surface area contributed by atoms with Crippen molar-refractivity contribution in [2.75, 3.05) is 7.11 Å². The number of nitrogens with two attached hydrogens (primary N) is 1. The molecule has 0 heterocycles. The summed E-state index contributed by atoms with van der Waals surface area (Å²) in [5.41, 5.74) is 7.40. The minimum atomic E-state index is 0. The van der Waals surface area contributed by atoms with Crippen LogP contribution < -0.4 is 10.5 Å². The number of rotatable bonds is 2. The summed E-state index contributed by atoms with van der Waals surface area (Å²) in [5, 5.41) is 0. The first kappa shape index (κ1) is 13.3. The molecule has 3 heteroatoms. The molecule has 1 aliphatic rings. The van der Waals surface area contributed by atoms with Gasteiger partial charge in [-0.3, -0.25) is 0 Å². The monoisotopic (exact) mass is 241 g/mol. The first-order chi connectivity index (χ1) is 7.29. The van der Waals surface area contributed by atoms with E-state index in [1.54, 1.807) is 7.11 Å². The lowest BCUT2D eigenvalue weighted by molar-refractivity contribution is 0.391. The maximum atomic E-state index is 5.99. The van der Waals surface area contributed by atoms with Crippen molar-refractivity contribution in [3.8, 4) is 5.75 Å². The van der Waals surface area contributed by atoms with E-state index >= 15 is 0 Å². The summed E-state index contributed by atoms with van der Waals surface area (Å²) >= 11 is 0. The molecule has 2 rings (SSSR count). The highest BCUT2D eigenvalue weighted by molar-refractivity contribution is 5.85. The third kappa shape index (κ3) is 3.13. The Morgan fingerprint density at radius 3 is 2.44 bits per heavy atom. The first-order valence-electron chi connectivity index (χ1n) is 5.69. The largest absolute Gasteiger partial charge is 0.497 e. The standard InChI is InChI=1S/C13H19NO.ClH/c1-15-13-7-5-10(6-8-13)11-3-2-4-12(14)9-11;/h5-8,11-12H,2-4,9,14H2,1H3;1H/t11-,12-;/m1./s1. The van der Waals surface area contributed by atoms with Crippen LogP contribution in [-0.2, 0) is 0 Å². The number of halogens is 1. The van der Waals surface area contributed by atoms with E-state index in [0.717, 1.165) is 12.2 Å². The minimum Gasteiger partial charge on any atom is -0.497 e. The van der Waals surface area contributed by atoms with Crippen LogP contribution in [0.3, 0.4) is 0 Å². The first-order valence-corrected chi connectivity index (χ1v) is 5.69. The Labute approximate surface area is 104 Å². The summed E-state index contributed by atoms with van der Waals surface area (Å²) in [6.45, 7) is 0. The average Bonchev–Trinajstić information content (AvgIpc) is 2.29. The van der Waals surface area contributed by atoms with E-state index < -0.39 is 0 Å². The van der Waals surface area contributed by atoms with E-state index in [1.165, 1.54) is 24.8 Å². The van der Waals surface area contributed by atoms with Crippen LogP contribution >= 0.6 is 12.4 Å². The summed E-state index contributed by atoms with van der Waals surface area (Å²) in [6.07, 6.45) is 4.86. The summed E-state index contributed by atoms with van der Waals surface area (Å²) in [5.74, 6) is 1.58. The summed E-state index contributed by atoms with van der Waals surface area (Å²) < 4.78 is 5.15. The molecular formula is C13H20ClNO. The molecule has 0 saturated heterocycles. The van der Waals surface area contributed by atoms with Crippen LogP contribution in [0.25, 0.3) is 0 Å². The van der Waals surface area contributed by atoms with Crippen molar-refractivity contribution in [2.24, 2.45) is 5.73 Å². The van der Waals surface area contributed by atoms with Crippen molar-refractivity contribution in [2.45, 2.75) is 37.6 Å². The van der Waals surface area contributed by atoms with Gasteiger partial charge in [0, 0.05) is 6.04 Å². The molecule has 0 aromatic heterocycles. The zero-order valence-corrected chi connectivity index (χ0v) is 10.5. The molecule has 1 fully saturated rings. The van der Waals surface area contributed by atoms with Crippen molar-refractivity contribution in [1.29, 1.82) is 0 Å². The van der Waals surface area contributed by atoms with Crippen molar-refractivity contribution in [3.63, 3.8) is 0 Å². The fraction of sp³-hybridized carbons (Fsp3) is 0.538. The van der Waals surface area contributed by atoms with E-state index in [4.69, 9.17) is 10.5 Å². The zero-order valence-electron chi connectivity index (χ0n) is 9.69. The SMILES string of the molecule is COc1ccc([C@@H]2CCC[C@@H](N)C2)cc1.Cl. The normalized spacial score (nSPS) is 24.6. The molecule has 0 aliphatic heterocycles. The predicted molar refractivity (Wildman–Crippen MR) is 69.4 cm³/mol. The molecule has 0 amide bonds. The van der Waals surface area contributed by atoms with Gasteiger partial charge in [-0.25, -0.2) is 0 Å². The van der Waals surface area contributed by atoms with Crippen LogP contribution in [0.1, 0.15) is 37.2 Å². The number of methoxy groups -OCH3 is 1. The van der Waals surface area contributed by atoms with Gasteiger partial charge < -0.3 is 10.5 Å². The average molecular weight is 242 g/mol. The molecule has 2 atom stereocenters. The van der Waals surface area contributed by atoms with E-state index in [2.05, 4.69) is 12.1 Å². The lowest BCUT2D eigenvalue weighted by Crippen LogP contribution is -2.26. The molecule has 1 aromatic rings. The van der Waals surface area contributed by atoms with Crippen LogP contribution in [0, 0.1) is 0 Å². The highest BCUT2D eigenvalue weighted by Gasteiger charge is 2.20. The van der Waals surface area contributed by atoms with Gasteiger partial charge in [0.25, 0.3) is 0 Å². The topological polar surface area (TPSA) is 35.2 Å². The molecule has 0 unspecified atom stereocenters. The molecule has 1 aromatic carbocycles. The van der Waals surface area contributed by atoms with Gasteiger partial charge in [-0.2, -0.15) is 0 Å². The van der Waals surface area contributed by atoms with E-state index in [0.29, 0.717) is 12.0 Å². The minimum absolute atomic E-state index is 0. The van der Waals surface area contributed by atoms with Crippen molar-refractivity contribution >= 4 is 12.4 Å². The lowest BCUT2D eigenvalue weighted by atomic mass is 9.82. The molecule has 90 valence electrons. The third-order valence-electron chi connectivity index (χ3n) is 3.30. The second-order valence-corrected chi connectivity index (χ2v) is 4.40. The van der Waals surface area contributed by atoms with Crippen molar-refractivity contribution < 1.29 is 4.74 Å². The van der Waals surface area contributed by atoms with Gasteiger partial charge >= 0.3 is 0 Å². The fourth-order valence-electron chi connectivity index (χ4n) is 2.41. The van der Waals surface area contributed by atoms with Gasteiger partial charge in [-0.1, -0.05) is 18.6 Å². The number of ether oxygens (including phenoxy) is 1. The Morgan fingerprint density at radius 2 is 1.88 bits per heavy atom. The molecule has 0 spiro atoms. The van der Waals surface area contributed by atoms with Gasteiger partial charge in [0.1, 0.15) is 5.75 Å². The van der Waals surface area contributed by atoms with E-state index in [-0.39, 0.29) is 12.4 Å². The molecular weight excluding hydrogens is 222 g/mol. The van der Waals surface area contributed by atoms with Gasteiger partial charge in [0.15, 0.2) is 0 Å². The van der Waals surface area contributed by atoms with Crippen LogP contribution in [0.4, 0.5) is 0 Å². The molecule has 2 N–H and O–H groups in total. The van der Waals surface area contributed by atoms with Crippen LogP contribution in [0.2, 0.25) is 0 Å². The molecule has 1 saturated carbocycles. The Balaban J connectivity index is 0.00000128. The molecule has 1 aliphatic carbocycles. The summed E-state index contributed by atoms with van der Waals surface area (Å²) in [6, 6.07) is 8.81. The maximum absolute atomic E-state index is 5.99.